The van der Waals surface area contributed by atoms with Gasteiger partial charge in [-0.05, 0) is 19.4 Å². The van der Waals surface area contributed by atoms with Crippen LogP contribution in [-0.2, 0) is 9.53 Å². The molecule has 1 aliphatic heterocycles. The number of thioether (sulfide) groups is 1. The normalized spacial score (nSPS) is 31.8. The van der Waals surface area contributed by atoms with Gasteiger partial charge in [0.2, 0.25) is 0 Å². The van der Waals surface area contributed by atoms with Crippen LogP contribution in [0.2, 0.25) is 0 Å². The molecular formula is C10H19NO2S. The number of methoxy groups -OCH3 is 1. The van der Waals surface area contributed by atoms with E-state index in [1.807, 2.05) is 11.8 Å². The maximum absolute atomic E-state index is 11.7. The van der Waals surface area contributed by atoms with Crippen molar-refractivity contribution in [3.63, 3.8) is 0 Å². The van der Waals surface area contributed by atoms with E-state index in [1.165, 1.54) is 7.11 Å². The molecule has 0 amide bonds. The van der Waals surface area contributed by atoms with Crippen molar-refractivity contribution in [2.45, 2.75) is 37.5 Å². The maximum Gasteiger partial charge on any atom is 0.326 e. The molecule has 0 aliphatic carbocycles. The van der Waals surface area contributed by atoms with Crippen molar-refractivity contribution < 1.29 is 9.53 Å². The molecule has 0 bridgehead atoms. The molecule has 1 heterocycles. The lowest BCUT2D eigenvalue weighted by Gasteiger charge is -2.26. The molecule has 0 saturated carbocycles. The highest BCUT2D eigenvalue weighted by molar-refractivity contribution is 8.00. The molecule has 0 aromatic rings. The highest BCUT2D eigenvalue weighted by Crippen LogP contribution is 2.35. The van der Waals surface area contributed by atoms with Crippen LogP contribution < -0.4 is 5.32 Å². The Balaban J connectivity index is 2.65. The molecule has 0 aromatic heterocycles. The zero-order valence-corrected chi connectivity index (χ0v) is 9.95. The Morgan fingerprint density at radius 3 is 2.86 bits per heavy atom. The van der Waals surface area contributed by atoms with Gasteiger partial charge in [0.15, 0.2) is 0 Å². The lowest BCUT2D eigenvalue weighted by molar-refractivity contribution is -0.147. The molecule has 2 unspecified atom stereocenters. The molecule has 1 fully saturated rings. The minimum atomic E-state index is -0.422. The minimum Gasteiger partial charge on any atom is -0.468 e. The van der Waals surface area contributed by atoms with E-state index in [0.29, 0.717) is 5.25 Å². The first kappa shape index (κ1) is 11.9. The molecule has 14 heavy (non-hydrogen) atoms. The Bertz CT molecular complexity index is 210. The Morgan fingerprint density at radius 2 is 2.43 bits per heavy atom. The van der Waals surface area contributed by atoms with Crippen LogP contribution in [-0.4, -0.2) is 36.2 Å². The summed E-state index contributed by atoms with van der Waals surface area (Å²) in [5.41, 5.74) is -0.422. The number of ether oxygens (including phenoxy) is 1. The standard InChI is InChI=1S/C10H19NO2S/c1-4-5-11-10(9(12)13-3)6-8(2)14-7-10/h8,11H,4-7H2,1-3H3. The SMILES string of the molecule is CCCNC1(C(=O)OC)CSC(C)C1. The van der Waals surface area contributed by atoms with E-state index in [-0.39, 0.29) is 5.97 Å². The Hall–Kier alpha value is -0.220. The van der Waals surface area contributed by atoms with Gasteiger partial charge in [-0.15, -0.1) is 0 Å². The zero-order chi connectivity index (χ0) is 10.6. The van der Waals surface area contributed by atoms with E-state index >= 15 is 0 Å². The topological polar surface area (TPSA) is 38.3 Å². The van der Waals surface area contributed by atoms with Crippen molar-refractivity contribution >= 4 is 17.7 Å². The molecule has 1 N–H and O–H groups in total. The van der Waals surface area contributed by atoms with Crippen LogP contribution in [0.15, 0.2) is 0 Å². The van der Waals surface area contributed by atoms with Gasteiger partial charge in [-0.2, -0.15) is 11.8 Å². The summed E-state index contributed by atoms with van der Waals surface area (Å²) in [7, 11) is 1.46. The molecule has 0 aromatic carbocycles. The molecule has 1 aliphatic rings. The van der Waals surface area contributed by atoms with Crippen molar-refractivity contribution in [1.82, 2.24) is 5.32 Å². The summed E-state index contributed by atoms with van der Waals surface area (Å²) >= 11 is 1.83. The Morgan fingerprint density at radius 1 is 1.71 bits per heavy atom. The largest absolute Gasteiger partial charge is 0.468 e. The van der Waals surface area contributed by atoms with Crippen molar-refractivity contribution in [2.75, 3.05) is 19.4 Å². The van der Waals surface area contributed by atoms with Crippen LogP contribution in [0, 0.1) is 0 Å². The number of hydrogen-bond donors (Lipinski definition) is 1. The first-order chi connectivity index (χ1) is 6.64. The lowest BCUT2D eigenvalue weighted by atomic mass is 9.96. The minimum absolute atomic E-state index is 0.109. The summed E-state index contributed by atoms with van der Waals surface area (Å²) in [4.78, 5) is 11.7. The molecule has 1 rings (SSSR count). The predicted octanol–water partition coefficient (Wildman–Crippen LogP) is 1.42. The van der Waals surface area contributed by atoms with Gasteiger partial charge in [-0.1, -0.05) is 13.8 Å². The summed E-state index contributed by atoms with van der Waals surface area (Å²) in [6.45, 7) is 5.13. The van der Waals surface area contributed by atoms with Gasteiger partial charge in [0.25, 0.3) is 0 Å². The molecule has 82 valence electrons. The second-order valence-electron chi connectivity index (χ2n) is 3.83. The van der Waals surface area contributed by atoms with Crippen molar-refractivity contribution in [2.24, 2.45) is 0 Å². The van der Waals surface area contributed by atoms with E-state index in [2.05, 4.69) is 19.2 Å². The molecule has 1 saturated heterocycles. The van der Waals surface area contributed by atoms with Crippen LogP contribution in [0.25, 0.3) is 0 Å². The van der Waals surface area contributed by atoms with Crippen LogP contribution >= 0.6 is 11.8 Å². The fraction of sp³-hybridized carbons (Fsp3) is 0.900. The number of esters is 1. The fourth-order valence-corrected chi connectivity index (χ4v) is 3.10. The van der Waals surface area contributed by atoms with Crippen molar-refractivity contribution in [3.8, 4) is 0 Å². The van der Waals surface area contributed by atoms with Crippen LogP contribution in [0.4, 0.5) is 0 Å². The quantitative estimate of drug-likeness (QED) is 0.723. The second kappa shape index (κ2) is 5.03. The maximum atomic E-state index is 11.7. The second-order valence-corrected chi connectivity index (χ2v) is 5.25. The molecule has 0 radical (unpaired) electrons. The molecule has 2 atom stereocenters. The van der Waals surface area contributed by atoms with Gasteiger partial charge in [0.05, 0.1) is 7.11 Å². The van der Waals surface area contributed by atoms with E-state index in [9.17, 15) is 4.79 Å². The van der Waals surface area contributed by atoms with Gasteiger partial charge in [-0.3, -0.25) is 4.79 Å². The van der Waals surface area contributed by atoms with Gasteiger partial charge in [0, 0.05) is 11.0 Å². The van der Waals surface area contributed by atoms with E-state index in [4.69, 9.17) is 4.74 Å². The highest BCUT2D eigenvalue weighted by atomic mass is 32.2. The fourth-order valence-electron chi connectivity index (χ4n) is 1.79. The van der Waals surface area contributed by atoms with E-state index < -0.39 is 5.54 Å². The summed E-state index contributed by atoms with van der Waals surface area (Å²) in [6.07, 6.45) is 1.92. The highest BCUT2D eigenvalue weighted by Gasteiger charge is 2.44. The molecule has 4 heteroatoms. The van der Waals surface area contributed by atoms with Crippen LogP contribution in [0.1, 0.15) is 26.7 Å². The number of carbonyl (C=O) groups excluding carboxylic acids is 1. The zero-order valence-electron chi connectivity index (χ0n) is 9.13. The third-order valence-electron chi connectivity index (χ3n) is 2.54. The van der Waals surface area contributed by atoms with Gasteiger partial charge < -0.3 is 10.1 Å². The van der Waals surface area contributed by atoms with Crippen molar-refractivity contribution in [1.29, 1.82) is 0 Å². The van der Waals surface area contributed by atoms with Crippen molar-refractivity contribution in [3.05, 3.63) is 0 Å². The number of hydrogen-bond acceptors (Lipinski definition) is 4. The predicted molar refractivity (Wildman–Crippen MR) is 59.6 cm³/mol. The average molecular weight is 217 g/mol. The molecule has 3 nitrogen and oxygen atoms in total. The van der Waals surface area contributed by atoms with E-state index in [0.717, 1.165) is 25.1 Å². The average Bonchev–Trinajstić information content (AvgIpc) is 2.57. The number of rotatable bonds is 4. The first-order valence-electron chi connectivity index (χ1n) is 5.09. The summed E-state index contributed by atoms with van der Waals surface area (Å²) < 4.78 is 4.87. The molecular weight excluding hydrogens is 198 g/mol. The molecule has 0 spiro atoms. The van der Waals surface area contributed by atoms with Gasteiger partial charge in [0.1, 0.15) is 5.54 Å². The van der Waals surface area contributed by atoms with E-state index in [1.54, 1.807) is 0 Å². The van der Waals surface area contributed by atoms with Gasteiger partial charge in [-0.25, -0.2) is 0 Å². The summed E-state index contributed by atoms with van der Waals surface area (Å²) in [5, 5.41) is 3.87. The Kier molecular flexibility index (Phi) is 4.26. The smallest absolute Gasteiger partial charge is 0.326 e. The third kappa shape index (κ3) is 2.42. The third-order valence-corrected chi connectivity index (χ3v) is 3.93. The summed E-state index contributed by atoms with van der Waals surface area (Å²) in [5.74, 6) is 0.726. The van der Waals surface area contributed by atoms with Crippen LogP contribution in [0.3, 0.4) is 0 Å². The Labute approximate surface area is 90.0 Å². The summed E-state index contributed by atoms with van der Waals surface area (Å²) in [6, 6.07) is 0. The first-order valence-corrected chi connectivity index (χ1v) is 6.14. The number of carbonyl (C=O) groups is 1. The number of nitrogens with one attached hydrogen (secondary N) is 1. The van der Waals surface area contributed by atoms with Gasteiger partial charge >= 0.3 is 5.97 Å². The van der Waals surface area contributed by atoms with Crippen LogP contribution in [0.5, 0.6) is 0 Å². The monoisotopic (exact) mass is 217 g/mol. The lowest BCUT2D eigenvalue weighted by Crippen LogP contribution is -2.53.